The van der Waals surface area contributed by atoms with Gasteiger partial charge in [0.05, 0.1) is 16.6 Å². The number of hydrogen-bond donors (Lipinski definition) is 2. The van der Waals surface area contributed by atoms with Gasteiger partial charge in [0.15, 0.2) is 0 Å². The van der Waals surface area contributed by atoms with Crippen LogP contribution in [0.5, 0.6) is 0 Å². The third-order valence-electron chi connectivity index (χ3n) is 4.92. The molecular formula is C20H14Cl5F3N2O2. The molecule has 2 aromatic rings. The molecular weight excluding hydrogens is 534 g/mol. The highest BCUT2D eigenvalue weighted by Gasteiger charge is 2.67. The number of hydrogen-bond acceptors (Lipinski definition) is 2. The lowest BCUT2D eigenvalue weighted by Gasteiger charge is -2.19. The monoisotopic (exact) mass is 546 g/mol. The van der Waals surface area contributed by atoms with Crippen molar-refractivity contribution in [2.45, 2.75) is 29.3 Å². The van der Waals surface area contributed by atoms with Crippen molar-refractivity contribution in [3.63, 3.8) is 0 Å². The van der Waals surface area contributed by atoms with Crippen molar-refractivity contribution in [3.05, 3.63) is 57.0 Å². The van der Waals surface area contributed by atoms with Gasteiger partial charge in [-0.2, -0.15) is 0 Å². The minimum atomic E-state index is -3.54. The Morgan fingerprint density at radius 2 is 1.62 bits per heavy atom. The molecule has 0 aromatic heterocycles. The SMILES string of the molecule is CC(F)(C(=O)Nc1cc(NC(=O)C2C(c3cc(Cl)cc(Cl)c3)C2(Cl)Cl)ccc1Cl)C(F)F. The molecule has 4 nitrogen and oxygen atoms in total. The van der Waals surface area contributed by atoms with Crippen molar-refractivity contribution < 1.29 is 22.8 Å². The van der Waals surface area contributed by atoms with Crippen molar-refractivity contribution in [2.24, 2.45) is 5.92 Å². The number of amides is 2. The molecule has 3 unspecified atom stereocenters. The van der Waals surface area contributed by atoms with Crippen LogP contribution in [0.15, 0.2) is 36.4 Å². The van der Waals surface area contributed by atoms with Gasteiger partial charge < -0.3 is 10.6 Å². The first-order chi connectivity index (χ1) is 14.7. The second-order valence-electron chi connectivity index (χ2n) is 7.35. The fraction of sp³-hybridized carbons (Fsp3) is 0.300. The minimum absolute atomic E-state index is 0.0525. The molecule has 3 rings (SSSR count). The van der Waals surface area contributed by atoms with Gasteiger partial charge in [0.2, 0.25) is 11.6 Å². The summed E-state index contributed by atoms with van der Waals surface area (Å²) in [5.74, 6) is -3.59. The van der Waals surface area contributed by atoms with Crippen LogP contribution in [0.2, 0.25) is 15.1 Å². The third kappa shape index (κ3) is 5.07. The van der Waals surface area contributed by atoms with Gasteiger partial charge in [-0.3, -0.25) is 9.59 Å². The van der Waals surface area contributed by atoms with Crippen molar-refractivity contribution in [1.82, 2.24) is 0 Å². The van der Waals surface area contributed by atoms with Gasteiger partial charge in [0, 0.05) is 21.7 Å². The molecule has 1 aliphatic rings. The topological polar surface area (TPSA) is 58.2 Å². The number of alkyl halides is 5. The molecule has 0 heterocycles. The highest BCUT2D eigenvalue weighted by atomic mass is 35.5. The van der Waals surface area contributed by atoms with E-state index in [2.05, 4.69) is 5.32 Å². The molecule has 172 valence electrons. The fourth-order valence-electron chi connectivity index (χ4n) is 3.08. The minimum Gasteiger partial charge on any atom is -0.326 e. The Morgan fingerprint density at radius 3 is 2.19 bits per heavy atom. The number of carbonyl (C=O) groups excluding carboxylic acids is 2. The molecule has 32 heavy (non-hydrogen) atoms. The van der Waals surface area contributed by atoms with E-state index in [0.29, 0.717) is 22.5 Å². The van der Waals surface area contributed by atoms with E-state index in [-0.39, 0.29) is 16.4 Å². The zero-order chi connectivity index (χ0) is 24.0. The first-order valence-electron chi connectivity index (χ1n) is 8.98. The molecule has 3 atom stereocenters. The van der Waals surface area contributed by atoms with Gasteiger partial charge in [0.1, 0.15) is 4.33 Å². The maximum Gasteiger partial charge on any atom is 0.280 e. The molecule has 1 fully saturated rings. The maximum atomic E-state index is 13.9. The summed E-state index contributed by atoms with van der Waals surface area (Å²) in [4.78, 5) is 24.6. The van der Waals surface area contributed by atoms with E-state index in [9.17, 15) is 22.8 Å². The lowest BCUT2D eigenvalue weighted by molar-refractivity contribution is -0.136. The zero-order valence-corrected chi connectivity index (χ0v) is 19.8. The molecule has 0 radical (unpaired) electrons. The smallest absolute Gasteiger partial charge is 0.280 e. The number of anilines is 2. The van der Waals surface area contributed by atoms with Gasteiger partial charge in [-0.25, -0.2) is 13.2 Å². The first-order valence-corrected chi connectivity index (χ1v) is 10.9. The van der Waals surface area contributed by atoms with Gasteiger partial charge in [-0.1, -0.05) is 34.8 Å². The quantitative estimate of drug-likeness (QED) is 0.378. The summed E-state index contributed by atoms with van der Waals surface area (Å²) in [7, 11) is 0. The van der Waals surface area contributed by atoms with E-state index in [4.69, 9.17) is 58.0 Å². The molecule has 2 N–H and O–H groups in total. The Kier molecular flexibility index (Phi) is 7.18. The van der Waals surface area contributed by atoms with Crippen LogP contribution < -0.4 is 10.6 Å². The first kappa shape index (κ1) is 25.2. The number of benzene rings is 2. The van der Waals surface area contributed by atoms with Crippen LogP contribution >= 0.6 is 58.0 Å². The molecule has 0 spiro atoms. The van der Waals surface area contributed by atoms with Crippen LogP contribution in [0.3, 0.4) is 0 Å². The van der Waals surface area contributed by atoms with Gasteiger partial charge in [-0.05, 0) is 48.9 Å². The largest absolute Gasteiger partial charge is 0.326 e. The Bertz CT molecular complexity index is 1060. The van der Waals surface area contributed by atoms with Gasteiger partial charge in [0.25, 0.3) is 12.3 Å². The summed E-state index contributed by atoms with van der Waals surface area (Å²) in [6.45, 7) is 0.447. The van der Waals surface area contributed by atoms with Crippen LogP contribution in [-0.4, -0.2) is 28.2 Å². The summed E-state index contributed by atoms with van der Waals surface area (Å²) in [6.07, 6.45) is -3.54. The average Bonchev–Trinajstić information content (AvgIpc) is 3.25. The van der Waals surface area contributed by atoms with Crippen molar-refractivity contribution >= 4 is 81.2 Å². The van der Waals surface area contributed by atoms with Crippen molar-refractivity contribution in [1.29, 1.82) is 0 Å². The van der Waals surface area contributed by atoms with Crippen LogP contribution in [0.4, 0.5) is 24.5 Å². The van der Waals surface area contributed by atoms with Crippen LogP contribution in [0, 0.1) is 5.92 Å². The molecule has 0 saturated heterocycles. The van der Waals surface area contributed by atoms with E-state index in [1.54, 1.807) is 12.1 Å². The summed E-state index contributed by atoms with van der Waals surface area (Å²) >= 11 is 30.6. The standard InChI is InChI=1S/C20H14Cl5F3N2O2/c1-19(28,17(26)27)18(32)30-13-7-11(2-3-12(13)23)29-16(31)15-14(20(15,24)25)8-4-9(21)6-10(22)5-8/h2-7,14-15,17H,1H3,(H,29,31)(H,30,32). The van der Waals surface area contributed by atoms with Crippen LogP contribution in [0.1, 0.15) is 18.4 Å². The Balaban J connectivity index is 1.77. The number of rotatable bonds is 6. The second-order valence-corrected chi connectivity index (χ2v) is 10.1. The number of nitrogens with one attached hydrogen (secondary N) is 2. The normalized spacial score (nSPS) is 21.1. The molecule has 2 amide bonds. The molecule has 1 saturated carbocycles. The highest BCUT2D eigenvalue weighted by molar-refractivity contribution is 6.53. The predicted octanol–water partition coefficient (Wildman–Crippen LogP) is 7.10. The molecule has 0 aliphatic heterocycles. The second kappa shape index (κ2) is 9.11. The summed E-state index contributed by atoms with van der Waals surface area (Å²) in [6, 6.07) is 8.59. The summed E-state index contributed by atoms with van der Waals surface area (Å²) in [5, 5.41) is 5.21. The van der Waals surface area contributed by atoms with Crippen LogP contribution in [-0.2, 0) is 9.59 Å². The number of halogens is 8. The van der Waals surface area contributed by atoms with E-state index in [0.717, 1.165) is 0 Å². The lowest BCUT2D eigenvalue weighted by Crippen LogP contribution is -2.42. The predicted molar refractivity (Wildman–Crippen MR) is 121 cm³/mol. The van der Waals surface area contributed by atoms with E-state index >= 15 is 0 Å². The molecule has 0 bridgehead atoms. The average molecular weight is 549 g/mol. The third-order valence-corrected chi connectivity index (χ3v) is 6.62. The zero-order valence-electron chi connectivity index (χ0n) is 16.0. The Labute approximate surface area is 206 Å². The molecule has 2 aromatic carbocycles. The summed E-state index contributed by atoms with van der Waals surface area (Å²) < 4.78 is 37.9. The lowest BCUT2D eigenvalue weighted by atomic mass is 10.1. The Morgan fingerprint density at radius 1 is 1.03 bits per heavy atom. The van der Waals surface area contributed by atoms with Crippen molar-refractivity contribution in [2.75, 3.05) is 10.6 Å². The Hall–Kier alpha value is -1.38. The molecule has 12 heteroatoms. The maximum absolute atomic E-state index is 13.9. The van der Waals surface area contributed by atoms with E-state index in [1.165, 1.54) is 24.3 Å². The highest BCUT2D eigenvalue weighted by Crippen LogP contribution is 2.65. The fourth-order valence-corrected chi connectivity index (χ4v) is 4.62. The number of carbonyl (C=O) groups is 2. The van der Waals surface area contributed by atoms with Gasteiger partial charge in [-0.15, -0.1) is 23.2 Å². The van der Waals surface area contributed by atoms with E-state index in [1.807, 2.05) is 5.32 Å². The van der Waals surface area contributed by atoms with Crippen LogP contribution in [0.25, 0.3) is 0 Å². The van der Waals surface area contributed by atoms with Crippen molar-refractivity contribution in [3.8, 4) is 0 Å². The van der Waals surface area contributed by atoms with Gasteiger partial charge >= 0.3 is 0 Å². The van der Waals surface area contributed by atoms with E-state index < -0.39 is 40.1 Å². The molecule has 1 aliphatic carbocycles. The summed E-state index contributed by atoms with van der Waals surface area (Å²) in [5.41, 5.74) is -2.88.